The Morgan fingerprint density at radius 3 is 2.86 bits per heavy atom. The summed E-state index contributed by atoms with van der Waals surface area (Å²) in [5.41, 5.74) is 5.78. The van der Waals surface area contributed by atoms with Gasteiger partial charge in [0, 0.05) is 6.20 Å². The zero-order chi connectivity index (χ0) is 10.7. The predicted octanol–water partition coefficient (Wildman–Crippen LogP) is 1.27. The number of hydrogen-bond donors (Lipinski definition) is 1. The second-order valence-electron chi connectivity index (χ2n) is 2.86. The molecular weight excluding hydrogens is 204 g/mol. The van der Waals surface area contributed by atoms with E-state index in [0.29, 0.717) is 10.6 Å². The zero-order valence-corrected chi connectivity index (χ0v) is 8.71. The van der Waals surface area contributed by atoms with Crippen molar-refractivity contribution in [1.29, 1.82) is 0 Å². The van der Waals surface area contributed by atoms with Gasteiger partial charge in [0.2, 0.25) is 5.88 Å². The topological polar surface area (TPSA) is 65.2 Å². The van der Waals surface area contributed by atoms with Gasteiger partial charge in [0.05, 0.1) is 23.7 Å². The Balaban J connectivity index is 3.17. The van der Waals surface area contributed by atoms with Crippen molar-refractivity contribution in [3.8, 4) is 5.88 Å². The number of aromatic nitrogens is 1. The molecule has 0 saturated carbocycles. The monoisotopic (exact) mass is 214 g/mol. The Kier molecular flexibility index (Phi) is 3.43. The minimum absolute atomic E-state index is 0.239. The Labute approximate surface area is 87.0 Å². The highest BCUT2D eigenvalue weighted by Gasteiger charge is 2.17. The number of nitrogens with two attached hydrogens (primary N) is 1. The summed E-state index contributed by atoms with van der Waals surface area (Å²) in [7, 11) is 1.44. The number of hydrogen-bond acceptors (Lipinski definition) is 4. The van der Waals surface area contributed by atoms with E-state index < -0.39 is 6.04 Å². The molecule has 1 aromatic rings. The number of carbonyl (C=O) groups excluding carboxylic acids is 1. The second kappa shape index (κ2) is 4.39. The van der Waals surface area contributed by atoms with Crippen LogP contribution in [0.3, 0.4) is 0 Å². The Morgan fingerprint density at radius 1 is 1.71 bits per heavy atom. The standard InChI is InChI=1S/C9H11ClN2O2/c1-5(11)8(13)7-3-6(10)4-12-9(7)14-2/h3-5H,11H2,1-2H3. The Bertz CT molecular complexity index is 353. The Hall–Kier alpha value is -1.13. The molecule has 14 heavy (non-hydrogen) atoms. The molecule has 0 aromatic carbocycles. The molecule has 0 amide bonds. The Morgan fingerprint density at radius 2 is 2.36 bits per heavy atom. The van der Waals surface area contributed by atoms with Crippen LogP contribution in [0.4, 0.5) is 0 Å². The third kappa shape index (κ3) is 2.21. The fraction of sp³-hybridized carbons (Fsp3) is 0.333. The van der Waals surface area contributed by atoms with E-state index in [1.54, 1.807) is 6.92 Å². The van der Waals surface area contributed by atoms with Gasteiger partial charge in [-0.3, -0.25) is 4.79 Å². The summed E-state index contributed by atoms with van der Waals surface area (Å²) in [5, 5.41) is 0.384. The normalized spacial score (nSPS) is 12.3. The number of nitrogens with zero attached hydrogens (tertiary/aromatic N) is 1. The van der Waals surface area contributed by atoms with Gasteiger partial charge in [0.25, 0.3) is 0 Å². The van der Waals surface area contributed by atoms with Gasteiger partial charge >= 0.3 is 0 Å². The number of ether oxygens (including phenoxy) is 1. The average molecular weight is 215 g/mol. The number of halogens is 1. The van der Waals surface area contributed by atoms with Gasteiger partial charge in [-0.2, -0.15) is 0 Å². The highest BCUT2D eigenvalue weighted by atomic mass is 35.5. The summed E-state index contributed by atoms with van der Waals surface area (Å²) in [6, 6.07) is 0.906. The largest absolute Gasteiger partial charge is 0.480 e. The third-order valence-corrected chi connectivity index (χ3v) is 1.90. The summed E-state index contributed by atoms with van der Waals surface area (Å²) in [4.78, 5) is 15.4. The van der Waals surface area contributed by atoms with Crippen molar-refractivity contribution in [3.63, 3.8) is 0 Å². The fourth-order valence-electron chi connectivity index (χ4n) is 1.01. The molecule has 1 heterocycles. The van der Waals surface area contributed by atoms with E-state index in [2.05, 4.69) is 4.98 Å². The molecule has 0 saturated heterocycles. The lowest BCUT2D eigenvalue weighted by molar-refractivity contribution is 0.0964. The van der Waals surface area contributed by atoms with Crippen molar-refractivity contribution in [2.75, 3.05) is 7.11 Å². The first-order valence-electron chi connectivity index (χ1n) is 4.05. The molecule has 5 heteroatoms. The maximum atomic E-state index is 11.6. The van der Waals surface area contributed by atoms with Gasteiger partial charge in [0.1, 0.15) is 0 Å². The van der Waals surface area contributed by atoms with Crippen molar-refractivity contribution < 1.29 is 9.53 Å². The zero-order valence-electron chi connectivity index (χ0n) is 7.95. The lowest BCUT2D eigenvalue weighted by Crippen LogP contribution is -2.27. The summed E-state index contributed by atoms with van der Waals surface area (Å²) < 4.78 is 4.93. The molecule has 0 aliphatic heterocycles. The molecule has 76 valence electrons. The van der Waals surface area contributed by atoms with Crippen LogP contribution < -0.4 is 10.5 Å². The number of carbonyl (C=O) groups is 1. The van der Waals surface area contributed by atoms with Crippen LogP contribution >= 0.6 is 11.6 Å². The van der Waals surface area contributed by atoms with Crippen LogP contribution in [0.2, 0.25) is 5.02 Å². The van der Waals surface area contributed by atoms with Crippen molar-refractivity contribution in [2.45, 2.75) is 13.0 Å². The molecule has 1 rings (SSSR count). The van der Waals surface area contributed by atoms with Crippen LogP contribution in [-0.4, -0.2) is 23.9 Å². The maximum Gasteiger partial charge on any atom is 0.224 e. The number of Topliss-reactive ketones (excluding diaryl/α,β-unsaturated/α-hetero) is 1. The van der Waals surface area contributed by atoms with Gasteiger partial charge in [-0.05, 0) is 13.0 Å². The molecule has 2 N–H and O–H groups in total. The van der Waals surface area contributed by atoms with Gasteiger partial charge in [-0.1, -0.05) is 11.6 Å². The molecule has 0 fully saturated rings. The van der Waals surface area contributed by atoms with Crippen LogP contribution in [0.15, 0.2) is 12.3 Å². The molecular formula is C9H11ClN2O2. The van der Waals surface area contributed by atoms with Crippen LogP contribution in [-0.2, 0) is 0 Å². The van der Waals surface area contributed by atoms with E-state index in [4.69, 9.17) is 22.1 Å². The van der Waals surface area contributed by atoms with Crippen LogP contribution in [0, 0.1) is 0 Å². The minimum atomic E-state index is -0.593. The molecule has 0 aliphatic rings. The van der Waals surface area contributed by atoms with E-state index in [1.165, 1.54) is 19.4 Å². The molecule has 0 radical (unpaired) electrons. The van der Waals surface area contributed by atoms with E-state index >= 15 is 0 Å². The summed E-state index contributed by atoms with van der Waals surface area (Å²) in [6.45, 7) is 1.60. The molecule has 1 unspecified atom stereocenters. The average Bonchev–Trinajstić information content (AvgIpc) is 2.16. The highest BCUT2D eigenvalue weighted by molar-refractivity contribution is 6.30. The van der Waals surface area contributed by atoms with Crippen LogP contribution in [0.25, 0.3) is 0 Å². The quantitative estimate of drug-likeness (QED) is 0.770. The van der Waals surface area contributed by atoms with Gasteiger partial charge in [-0.25, -0.2) is 4.98 Å². The van der Waals surface area contributed by atoms with Gasteiger partial charge < -0.3 is 10.5 Å². The number of ketones is 1. The van der Waals surface area contributed by atoms with E-state index in [1.807, 2.05) is 0 Å². The number of pyridine rings is 1. The lowest BCUT2D eigenvalue weighted by Gasteiger charge is -2.08. The maximum absolute atomic E-state index is 11.6. The first kappa shape index (κ1) is 10.9. The first-order valence-corrected chi connectivity index (χ1v) is 4.43. The molecule has 1 atom stereocenters. The van der Waals surface area contributed by atoms with Crippen molar-refractivity contribution in [2.24, 2.45) is 5.73 Å². The second-order valence-corrected chi connectivity index (χ2v) is 3.30. The summed E-state index contributed by atoms with van der Waals surface area (Å²) in [5.74, 6) is 0.00792. The first-order chi connectivity index (χ1) is 6.56. The van der Waals surface area contributed by atoms with Crippen molar-refractivity contribution >= 4 is 17.4 Å². The predicted molar refractivity (Wildman–Crippen MR) is 53.8 cm³/mol. The van der Waals surface area contributed by atoms with E-state index in [9.17, 15) is 4.79 Å². The summed E-state index contributed by atoms with van der Waals surface area (Å²) >= 11 is 5.71. The smallest absolute Gasteiger partial charge is 0.224 e. The number of rotatable bonds is 3. The molecule has 0 aliphatic carbocycles. The van der Waals surface area contributed by atoms with E-state index in [0.717, 1.165) is 0 Å². The third-order valence-electron chi connectivity index (χ3n) is 1.69. The SMILES string of the molecule is COc1ncc(Cl)cc1C(=O)C(C)N. The lowest BCUT2D eigenvalue weighted by atomic mass is 10.1. The van der Waals surface area contributed by atoms with Crippen molar-refractivity contribution in [3.05, 3.63) is 22.8 Å². The van der Waals surface area contributed by atoms with E-state index in [-0.39, 0.29) is 11.7 Å². The molecule has 0 spiro atoms. The fourth-order valence-corrected chi connectivity index (χ4v) is 1.17. The van der Waals surface area contributed by atoms with Crippen molar-refractivity contribution in [1.82, 2.24) is 4.98 Å². The number of methoxy groups -OCH3 is 1. The minimum Gasteiger partial charge on any atom is -0.480 e. The highest BCUT2D eigenvalue weighted by Crippen LogP contribution is 2.20. The molecule has 1 aromatic heterocycles. The molecule has 0 bridgehead atoms. The van der Waals surface area contributed by atoms with Crippen LogP contribution in [0.1, 0.15) is 17.3 Å². The summed E-state index contributed by atoms with van der Waals surface area (Å²) in [6.07, 6.45) is 1.42. The van der Waals surface area contributed by atoms with Crippen LogP contribution in [0.5, 0.6) is 5.88 Å². The van der Waals surface area contributed by atoms with Gasteiger partial charge in [0.15, 0.2) is 5.78 Å². The van der Waals surface area contributed by atoms with Gasteiger partial charge in [-0.15, -0.1) is 0 Å². The molecule has 4 nitrogen and oxygen atoms in total.